The predicted molar refractivity (Wildman–Crippen MR) is 85.2 cm³/mol. The normalized spacial score (nSPS) is 11.8. The molecule has 0 aliphatic heterocycles. The first kappa shape index (κ1) is 16.7. The summed E-state index contributed by atoms with van der Waals surface area (Å²) in [5.41, 5.74) is 0.345. The molecule has 0 amide bonds. The maximum absolute atomic E-state index is 11.5. The van der Waals surface area contributed by atoms with Crippen molar-refractivity contribution in [2.45, 2.75) is 26.6 Å². The van der Waals surface area contributed by atoms with Crippen LogP contribution in [0.3, 0.4) is 0 Å². The Morgan fingerprint density at radius 2 is 1.95 bits per heavy atom. The molecule has 0 radical (unpaired) electrons. The first-order valence-corrected chi connectivity index (χ1v) is 7.91. The Balaban J connectivity index is 2.85. The van der Waals surface area contributed by atoms with Gasteiger partial charge in [0.2, 0.25) is 6.29 Å². The van der Waals surface area contributed by atoms with E-state index in [0.29, 0.717) is 17.7 Å². The van der Waals surface area contributed by atoms with Crippen molar-refractivity contribution in [1.82, 2.24) is 0 Å². The lowest BCUT2D eigenvalue weighted by Gasteiger charge is -2.19. The molecule has 0 saturated heterocycles. The molecule has 0 aliphatic carbocycles. The smallest absolute Gasteiger partial charge is 0.336 e. The molecule has 3 nitrogen and oxygen atoms in total. The van der Waals surface area contributed by atoms with Crippen LogP contribution in [0.5, 0.6) is 5.75 Å². The lowest BCUT2D eigenvalue weighted by Crippen LogP contribution is -2.24. The van der Waals surface area contributed by atoms with Crippen molar-refractivity contribution in [2.75, 3.05) is 0 Å². The summed E-state index contributed by atoms with van der Waals surface area (Å²) in [5, 5.41) is 0. The van der Waals surface area contributed by atoms with E-state index in [1.54, 1.807) is 13.0 Å². The van der Waals surface area contributed by atoms with Crippen LogP contribution in [0.4, 0.5) is 0 Å². The lowest BCUT2D eigenvalue weighted by molar-refractivity contribution is -0.159. The number of rotatable bonds is 5. The van der Waals surface area contributed by atoms with E-state index in [-0.39, 0.29) is 0 Å². The highest BCUT2D eigenvalue weighted by molar-refractivity contribution is 9.14. The SMILES string of the molecule is C=C(C)C(=O)OC(CC)Oc1ccc(Br)c(Br)c1Br. The highest BCUT2D eigenvalue weighted by Crippen LogP contribution is 2.38. The number of benzene rings is 1. The number of esters is 1. The Bertz CT molecular complexity index is 500. The summed E-state index contributed by atoms with van der Waals surface area (Å²) in [6, 6.07) is 3.63. The molecule has 0 spiro atoms. The molecule has 0 saturated carbocycles. The van der Waals surface area contributed by atoms with Gasteiger partial charge in [0.1, 0.15) is 5.75 Å². The zero-order valence-electron chi connectivity index (χ0n) is 10.5. The minimum absolute atomic E-state index is 0.345. The minimum Gasteiger partial charge on any atom is -0.454 e. The third kappa shape index (κ3) is 4.61. The van der Waals surface area contributed by atoms with Crippen molar-refractivity contribution in [2.24, 2.45) is 0 Å². The number of hydrogen-bond acceptors (Lipinski definition) is 3. The van der Waals surface area contributed by atoms with Crippen LogP contribution >= 0.6 is 47.8 Å². The van der Waals surface area contributed by atoms with Gasteiger partial charge in [-0.15, -0.1) is 0 Å². The van der Waals surface area contributed by atoms with E-state index in [4.69, 9.17) is 9.47 Å². The second kappa shape index (κ2) is 7.45. The maximum atomic E-state index is 11.5. The second-order valence-corrected chi connectivity index (χ2v) is 6.26. The van der Waals surface area contributed by atoms with Gasteiger partial charge in [-0.1, -0.05) is 13.5 Å². The molecular weight excluding hydrogens is 444 g/mol. The van der Waals surface area contributed by atoms with Crippen LogP contribution in [0, 0.1) is 0 Å². The fourth-order valence-corrected chi connectivity index (χ4v) is 2.51. The zero-order chi connectivity index (χ0) is 14.6. The number of carbonyl (C=O) groups is 1. The third-order valence-corrected chi connectivity index (χ3v) is 5.51. The van der Waals surface area contributed by atoms with E-state index in [1.807, 2.05) is 13.0 Å². The lowest BCUT2D eigenvalue weighted by atomic mass is 10.3. The van der Waals surface area contributed by atoms with E-state index in [1.165, 1.54) is 0 Å². The van der Waals surface area contributed by atoms with Crippen LogP contribution in [-0.2, 0) is 9.53 Å². The van der Waals surface area contributed by atoms with Crippen molar-refractivity contribution in [1.29, 1.82) is 0 Å². The molecule has 0 fully saturated rings. The molecule has 6 heteroatoms. The van der Waals surface area contributed by atoms with E-state index < -0.39 is 12.3 Å². The molecule has 1 aromatic carbocycles. The predicted octanol–water partition coefficient (Wildman–Crippen LogP) is 5.21. The molecule has 0 heterocycles. The summed E-state index contributed by atoms with van der Waals surface area (Å²) in [6.45, 7) is 7.01. The van der Waals surface area contributed by atoms with E-state index >= 15 is 0 Å². The summed E-state index contributed by atoms with van der Waals surface area (Å²) in [5.74, 6) is 0.135. The van der Waals surface area contributed by atoms with E-state index in [2.05, 4.69) is 54.4 Å². The molecule has 1 atom stereocenters. The summed E-state index contributed by atoms with van der Waals surface area (Å²) < 4.78 is 13.3. The van der Waals surface area contributed by atoms with Gasteiger partial charge in [0.25, 0.3) is 0 Å². The molecule has 1 aromatic rings. The Hall–Kier alpha value is -0.330. The standard InChI is InChI=1S/C13H13Br3O3/c1-4-10(19-13(17)7(2)3)18-9-6-5-8(14)11(15)12(9)16/h5-6,10H,2,4H2,1,3H3. The molecule has 19 heavy (non-hydrogen) atoms. The minimum atomic E-state index is -0.645. The van der Waals surface area contributed by atoms with Gasteiger partial charge >= 0.3 is 5.97 Å². The Morgan fingerprint density at radius 3 is 2.47 bits per heavy atom. The Kier molecular flexibility index (Phi) is 6.56. The van der Waals surface area contributed by atoms with Gasteiger partial charge < -0.3 is 9.47 Å². The van der Waals surface area contributed by atoms with Crippen molar-refractivity contribution >= 4 is 53.8 Å². The number of halogens is 3. The highest BCUT2D eigenvalue weighted by Gasteiger charge is 2.17. The summed E-state index contributed by atoms with van der Waals surface area (Å²) in [6.07, 6.45) is -0.104. The van der Waals surface area contributed by atoms with Gasteiger partial charge in [0, 0.05) is 20.9 Å². The van der Waals surface area contributed by atoms with Gasteiger partial charge in [-0.25, -0.2) is 4.79 Å². The number of hydrogen-bond donors (Lipinski definition) is 0. The van der Waals surface area contributed by atoms with Gasteiger partial charge in [0.15, 0.2) is 0 Å². The zero-order valence-corrected chi connectivity index (χ0v) is 15.3. The third-order valence-electron chi connectivity index (χ3n) is 2.18. The summed E-state index contributed by atoms with van der Waals surface area (Å²) in [7, 11) is 0. The van der Waals surface area contributed by atoms with Crippen LogP contribution in [0.1, 0.15) is 20.3 Å². The van der Waals surface area contributed by atoms with Crippen molar-refractivity contribution in [3.8, 4) is 5.75 Å². The molecule has 0 N–H and O–H groups in total. The van der Waals surface area contributed by atoms with Gasteiger partial charge in [0.05, 0.1) is 4.47 Å². The number of carbonyl (C=O) groups excluding carboxylic acids is 1. The van der Waals surface area contributed by atoms with Crippen LogP contribution in [0.2, 0.25) is 0 Å². The topological polar surface area (TPSA) is 35.5 Å². The molecule has 0 bridgehead atoms. The number of ether oxygens (including phenoxy) is 2. The van der Waals surface area contributed by atoms with Crippen LogP contribution in [0.25, 0.3) is 0 Å². The first-order chi connectivity index (χ1) is 8.86. The molecule has 0 aliphatic rings. The van der Waals surface area contributed by atoms with Crippen molar-refractivity contribution in [3.63, 3.8) is 0 Å². The van der Waals surface area contributed by atoms with Crippen LogP contribution in [0.15, 0.2) is 37.7 Å². The monoisotopic (exact) mass is 454 g/mol. The van der Waals surface area contributed by atoms with Crippen molar-refractivity contribution in [3.05, 3.63) is 37.7 Å². The average Bonchev–Trinajstić information content (AvgIpc) is 2.37. The first-order valence-electron chi connectivity index (χ1n) is 5.53. The molecule has 0 aromatic heterocycles. The Morgan fingerprint density at radius 1 is 1.32 bits per heavy atom. The fraction of sp³-hybridized carbons (Fsp3) is 0.308. The van der Waals surface area contributed by atoms with Gasteiger partial charge in [-0.05, 0) is 66.8 Å². The summed E-state index contributed by atoms with van der Waals surface area (Å²) in [4.78, 5) is 11.5. The molecule has 1 unspecified atom stereocenters. The highest BCUT2D eigenvalue weighted by atomic mass is 79.9. The van der Waals surface area contributed by atoms with Gasteiger partial charge in [-0.2, -0.15) is 0 Å². The Labute approximate surface area is 137 Å². The quantitative estimate of drug-likeness (QED) is 0.264. The molecule has 104 valence electrons. The summed E-state index contributed by atoms with van der Waals surface area (Å²) >= 11 is 10.2. The van der Waals surface area contributed by atoms with Crippen LogP contribution in [-0.4, -0.2) is 12.3 Å². The second-order valence-electron chi connectivity index (χ2n) is 3.81. The fourth-order valence-electron chi connectivity index (χ4n) is 1.15. The van der Waals surface area contributed by atoms with Gasteiger partial charge in [-0.3, -0.25) is 0 Å². The van der Waals surface area contributed by atoms with Crippen molar-refractivity contribution < 1.29 is 14.3 Å². The molecule has 1 rings (SSSR count). The maximum Gasteiger partial charge on any atom is 0.336 e. The van der Waals surface area contributed by atoms with Crippen LogP contribution < -0.4 is 4.74 Å². The largest absolute Gasteiger partial charge is 0.454 e. The molecular formula is C13H13Br3O3. The van der Waals surface area contributed by atoms with E-state index in [0.717, 1.165) is 13.4 Å². The average molecular weight is 457 g/mol. The van der Waals surface area contributed by atoms with E-state index in [9.17, 15) is 4.79 Å².